The number of nitrogens with two attached hydrogens (primary N) is 1. The van der Waals surface area contributed by atoms with E-state index in [4.69, 9.17) is 5.73 Å². The van der Waals surface area contributed by atoms with Crippen LogP contribution in [0.25, 0.3) is 5.65 Å². The number of fused-ring (bicyclic) bond motifs is 1. The van der Waals surface area contributed by atoms with Gasteiger partial charge in [-0.3, -0.25) is 4.40 Å². The normalized spacial score (nSPS) is 10.9. The Kier molecular flexibility index (Phi) is 3.41. The van der Waals surface area contributed by atoms with Gasteiger partial charge in [-0.15, -0.1) is 0 Å². The summed E-state index contributed by atoms with van der Waals surface area (Å²) < 4.78 is 2.11. The molecular weight excluding hydrogens is 200 g/mol. The van der Waals surface area contributed by atoms with Gasteiger partial charge in [-0.2, -0.15) is 0 Å². The molecule has 2 rings (SSSR count). The van der Waals surface area contributed by atoms with Crippen molar-refractivity contribution in [3.8, 4) is 0 Å². The van der Waals surface area contributed by atoms with Gasteiger partial charge in [0.15, 0.2) is 0 Å². The van der Waals surface area contributed by atoms with E-state index in [-0.39, 0.29) is 0 Å². The smallest absolute Gasteiger partial charge is 0.138 e. The Bertz CT molecular complexity index is 449. The summed E-state index contributed by atoms with van der Waals surface area (Å²) in [6, 6.07) is 6.18. The first-order chi connectivity index (χ1) is 7.86. The Morgan fingerprint density at radius 3 is 3.06 bits per heavy atom. The average Bonchev–Trinajstić information content (AvgIpc) is 2.78. The molecule has 0 aromatic carbocycles. The van der Waals surface area contributed by atoms with Gasteiger partial charge in [0.05, 0.1) is 0 Å². The van der Waals surface area contributed by atoms with E-state index in [9.17, 15) is 0 Å². The summed E-state index contributed by atoms with van der Waals surface area (Å²) >= 11 is 0. The van der Waals surface area contributed by atoms with Gasteiger partial charge < -0.3 is 10.6 Å². The summed E-state index contributed by atoms with van der Waals surface area (Å²) in [5.74, 6) is 1.19. The number of hydrogen-bond acceptors (Lipinski definition) is 3. The minimum absolute atomic E-state index is 0.733. The maximum absolute atomic E-state index is 5.56. The summed E-state index contributed by atoms with van der Waals surface area (Å²) in [7, 11) is 0. The molecule has 16 heavy (non-hydrogen) atoms. The van der Waals surface area contributed by atoms with Crippen molar-refractivity contribution in [2.24, 2.45) is 5.73 Å². The van der Waals surface area contributed by atoms with Gasteiger partial charge in [-0.05, 0) is 32.0 Å². The molecule has 0 saturated carbocycles. The molecule has 0 fully saturated rings. The zero-order valence-corrected chi connectivity index (χ0v) is 9.63. The quantitative estimate of drug-likeness (QED) is 0.827. The first-order valence-corrected chi connectivity index (χ1v) is 5.74. The third-order valence-corrected chi connectivity index (χ3v) is 2.74. The van der Waals surface area contributed by atoms with Crippen molar-refractivity contribution in [1.82, 2.24) is 9.38 Å². The van der Waals surface area contributed by atoms with Crippen LogP contribution >= 0.6 is 0 Å². The van der Waals surface area contributed by atoms with Crippen LogP contribution in [-0.2, 0) is 0 Å². The van der Waals surface area contributed by atoms with E-state index < -0.39 is 0 Å². The molecular formula is C12H18N4. The van der Waals surface area contributed by atoms with Gasteiger partial charge >= 0.3 is 0 Å². The van der Waals surface area contributed by atoms with E-state index in [0.29, 0.717) is 0 Å². The van der Waals surface area contributed by atoms with E-state index in [1.165, 1.54) is 5.82 Å². The molecule has 2 aromatic heterocycles. The monoisotopic (exact) mass is 218 g/mol. The molecule has 0 radical (unpaired) electrons. The van der Waals surface area contributed by atoms with Crippen molar-refractivity contribution in [2.45, 2.75) is 13.3 Å². The number of pyridine rings is 1. The number of nitrogens with zero attached hydrogens (tertiary/aromatic N) is 3. The van der Waals surface area contributed by atoms with Crippen LogP contribution in [0.1, 0.15) is 13.3 Å². The van der Waals surface area contributed by atoms with E-state index in [2.05, 4.69) is 27.3 Å². The zero-order chi connectivity index (χ0) is 11.4. The molecule has 2 N–H and O–H groups in total. The average molecular weight is 218 g/mol. The Balaban J connectivity index is 2.32. The van der Waals surface area contributed by atoms with Gasteiger partial charge in [-0.1, -0.05) is 6.07 Å². The lowest BCUT2D eigenvalue weighted by molar-refractivity contribution is 0.740. The second kappa shape index (κ2) is 4.99. The summed E-state index contributed by atoms with van der Waals surface area (Å²) in [5, 5.41) is 0. The highest BCUT2D eigenvalue weighted by Gasteiger charge is 2.07. The Morgan fingerprint density at radius 1 is 1.44 bits per heavy atom. The van der Waals surface area contributed by atoms with Crippen molar-refractivity contribution < 1.29 is 0 Å². The summed E-state index contributed by atoms with van der Waals surface area (Å²) in [4.78, 5) is 6.61. The topological polar surface area (TPSA) is 46.6 Å². The van der Waals surface area contributed by atoms with Crippen LogP contribution in [0.2, 0.25) is 0 Å². The lowest BCUT2D eigenvalue weighted by Gasteiger charge is -2.23. The van der Waals surface area contributed by atoms with Crippen molar-refractivity contribution in [3.05, 3.63) is 30.6 Å². The SMILES string of the molecule is CCN(CCCN)c1cccc2nccn12. The van der Waals surface area contributed by atoms with Crippen LogP contribution in [0.5, 0.6) is 0 Å². The lowest BCUT2D eigenvalue weighted by Crippen LogP contribution is -2.27. The molecule has 4 nitrogen and oxygen atoms in total. The van der Waals surface area contributed by atoms with Gasteiger partial charge in [-0.25, -0.2) is 4.98 Å². The molecule has 0 aliphatic carbocycles. The molecule has 0 saturated heterocycles. The van der Waals surface area contributed by atoms with E-state index in [1.54, 1.807) is 0 Å². The maximum Gasteiger partial charge on any atom is 0.138 e. The van der Waals surface area contributed by atoms with Crippen molar-refractivity contribution >= 4 is 11.5 Å². The molecule has 0 aliphatic rings. The van der Waals surface area contributed by atoms with Crippen LogP contribution in [-0.4, -0.2) is 29.0 Å². The number of hydrogen-bond donors (Lipinski definition) is 1. The van der Waals surface area contributed by atoms with Crippen LogP contribution < -0.4 is 10.6 Å². The van der Waals surface area contributed by atoms with E-state index in [1.807, 2.05) is 24.5 Å². The van der Waals surface area contributed by atoms with Gasteiger partial charge in [0.25, 0.3) is 0 Å². The maximum atomic E-state index is 5.56. The van der Waals surface area contributed by atoms with Crippen LogP contribution in [0.3, 0.4) is 0 Å². The highest BCUT2D eigenvalue weighted by molar-refractivity contribution is 5.51. The van der Waals surface area contributed by atoms with Crippen LogP contribution in [0, 0.1) is 0 Å². The largest absolute Gasteiger partial charge is 0.358 e. The first kappa shape index (κ1) is 11.0. The summed E-state index contributed by atoms with van der Waals surface area (Å²) in [5.41, 5.74) is 6.55. The number of imidazole rings is 1. The highest BCUT2D eigenvalue weighted by atomic mass is 15.2. The lowest BCUT2D eigenvalue weighted by atomic mass is 10.3. The second-order valence-electron chi connectivity index (χ2n) is 3.76. The Labute approximate surface area is 95.7 Å². The fourth-order valence-electron chi connectivity index (χ4n) is 1.91. The van der Waals surface area contributed by atoms with Crippen molar-refractivity contribution in [3.63, 3.8) is 0 Å². The molecule has 0 atom stereocenters. The summed E-state index contributed by atoms with van der Waals surface area (Å²) in [6.45, 7) is 4.87. The minimum Gasteiger partial charge on any atom is -0.358 e. The predicted octanol–water partition coefficient (Wildman–Crippen LogP) is 1.51. The number of anilines is 1. The van der Waals surface area contributed by atoms with E-state index in [0.717, 1.165) is 31.7 Å². The molecule has 2 heterocycles. The fraction of sp³-hybridized carbons (Fsp3) is 0.417. The van der Waals surface area contributed by atoms with Crippen molar-refractivity contribution in [2.75, 3.05) is 24.5 Å². The zero-order valence-electron chi connectivity index (χ0n) is 9.63. The third-order valence-electron chi connectivity index (χ3n) is 2.74. The molecule has 0 aliphatic heterocycles. The first-order valence-electron chi connectivity index (χ1n) is 5.74. The number of aromatic nitrogens is 2. The predicted molar refractivity (Wildman–Crippen MR) is 66.8 cm³/mol. The van der Waals surface area contributed by atoms with Gasteiger partial charge in [0.1, 0.15) is 11.5 Å². The molecule has 86 valence electrons. The molecule has 0 spiro atoms. The fourth-order valence-corrected chi connectivity index (χ4v) is 1.91. The van der Waals surface area contributed by atoms with Gasteiger partial charge in [0.2, 0.25) is 0 Å². The standard InChI is InChI=1S/C12H18N4/c1-2-15(9-4-7-13)12-6-3-5-11-14-8-10-16(11)12/h3,5-6,8,10H,2,4,7,9,13H2,1H3. The Morgan fingerprint density at radius 2 is 2.31 bits per heavy atom. The number of rotatable bonds is 5. The summed E-state index contributed by atoms with van der Waals surface area (Å²) in [6.07, 6.45) is 4.84. The Hall–Kier alpha value is -1.55. The van der Waals surface area contributed by atoms with Crippen LogP contribution in [0.4, 0.5) is 5.82 Å². The van der Waals surface area contributed by atoms with Gasteiger partial charge in [0, 0.05) is 25.5 Å². The van der Waals surface area contributed by atoms with E-state index >= 15 is 0 Å². The molecule has 0 amide bonds. The second-order valence-corrected chi connectivity index (χ2v) is 3.76. The molecule has 0 unspecified atom stereocenters. The van der Waals surface area contributed by atoms with Crippen molar-refractivity contribution in [1.29, 1.82) is 0 Å². The minimum atomic E-state index is 0.733. The highest BCUT2D eigenvalue weighted by Crippen LogP contribution is 2.16. The van der Waals surface area contributed by atoms with Crippen LogP contribution in [0.15, 0.2) is 30.6 Å². The molecule has 2 aromatic rings. The molecule has 0 bridgehead atoms. The third kappa shape index (κ3) is 2.02. The molecule has 4 heteroatoms.